The van der Waals surface area contributed by atoms with Gasteiger partial charge in [-0.2, -0.15) is 0 Å². The van der Waals surface area contributed by atoms with Crippen LogP contribution in [-0.2, 0) is 14.3 Å². The highest BCUT2D eigenvalue weighted by atomic mass is 35.5. The number of ether oxygens (including phenoxy) is 1. The number of nitrogens with one attached hydrogen (secondary N) is 1. The van der Waals surface area contributed by atoms with Crippen molar-refractivity contribution in [1.29, 1.82) is 0 Å². The molecule has 28 heavy (non-hydrogen) atoms. The number of carbonyl (C=O) groups is 2. The fourth-order valence-electron chi connectivity index (χ4n) is 3.23. The van der Waals surface area contributed by atoms with Crippen molar-refractivity contribution >= 4 is 29.1 Å². The van der Waals surface area contributed by atoms with E-state index in [2.05, 4.69) is 5.32 Å². The van der Waals surface area contributed by atoms with Crippen LogP contribution in [0.15, 0.2) is 54.6 Å². The predicted molar refractivity (Wildman–Crippen MR) is 109 cm³/mol. The van der Waals surface area contributed by atoms with Crippen molar-refractivity contribution in [2.45, 2.75) is 6.04 Å². The van der Waals surface area contributed by atoms with Gasteiger partial charge in [0.15, 0.2) is 0 Å². The van der Waals surface area contributed by atoms with Gasteiger partial charge >= 0.3 is 0 Å². The molecule has 1 heterocycles. The molecule has 1 fully saturated rings. The number of anilines is 1. The Hall–Kier alpha value is -2.41. The number of nitrogens with zero attached hydrogens (tertiary/aromatic N) is 2. The normalized spacial score (nSPS) is 15.3. The minimum Gasteiger partial charge on any atom is -0.378 e. The number of hydrogen-bond donors (Lipinski definition) is 1. The van der Waals surface area contributed by atoms with Crippen LogP contribution >= 0.6 is 11.6 Å². The summed E-state index contributed by atoms with van der Waals surface area (Å²) < 4.78 is 5.35. The first-order chi connectivity index (χ1) is 13.5. The Labute approximate surface area is 170 Å². The standard InChI is InChI=1S/C21H24ClN3O3/c1-24(15-19(26)23-18-9-7-17(22)8-10-18)20(16-5-3-2-4-6-16)21(27)25-11-13-28-14-12-25/h2-10,20H,11-15H2,1H3,(H,23,26)/t20-/m1/s1. The molecule has 0 bridgehead atoms. The molecule has 148 valence electrons. The van der Waals surface area contributed by atoms with Gasteiger partial charge in [-0.05, 0) is 36.9 Å². The number of halogens is 1. The molecule has 2 aromatic rings. The number of benzene rings is 2. The molecule has 2 amide bonds. The molecule has 0 unspecified atom stereocenters. The Morgan fingerprint density at radius 1 is 1.11 bits per heavy atom. The van der Waals surface area contributed by atoms with Gasteiger partial charge in [0.25, 0.3) is 0 Å². The third kappa shape index (κ3) is 5.32. The van der Waals surface area contributed by atoms with Crippen molar-refractivity contribution in [3.63, 3.8) is 0 Å². The van der Waals surface area contributed by atoms with Gasteiger partial charge in [0.2, 0.25) is 11.8 Å². The molecule has 0 radical (unpaired) electrons. The molecule has 3 rings (SSSR count). The second-order valence-electron chi connectivity index (χ2n) is 6.72. The van der Waals surface area contributed by atoms with E-state index in [1.807, 2.05) is 30.3 Å². The topological polar surface area (TPSA) is 61.9 Å². The molecule has 0 spiro atoms. The van der Waals surface area contributed by atoms with Crippen molar-refractivity contribution in [2.75, 3.05) is 45.2 Å². The van der Waals surface area contributed by atoms with E-state index >= 15 is 0 Å². The number of morpholine rings is 1. The molecule has 7 heteroatoms. The highest BCUT2D eigenvalue weighted by Crippen LogP contribution is 2.23. The molecule has 2 aromatic carbocycles. The summed E-state index contributed by atoms with van der Waals surface area (Å²) in [5.74, 6) is -0.211. The van der Waals surface area contributed by atoms with Crippen molar-refractivity contribution in [3.05, 3.63) is 65.2 Å². The lowest BCUT2D eigenvalue weighted by atomic mass is 10.0. The molecular formula is C21H24ClN3O3. The summed E-state index contributed by atoms with van der Waals surface area (Å²) >= 11 is 5.88. The first kappa shape index (κ1) is 20.3. The summed E-state index contributed by atoms with van der Waals surface area (Å²) in [6.45, 7) is 2.28. The van der Waals surface area contributed by atoms with E-state index in [9.17, 15) is 9.59 Å². The smallest absolute Gasteiger partial charge is 0.244 e. The van der Waals surface area contributed by atoms with Crippen LogP contribution in [0, 0.1) is 0 Å². The minimum atomic E-state index is -0.532. The van der Waals surface area contributed by atoms with Gasteiger partial charge in [0, 0.05) is 23.8 Å². The van der Waals surface area contributed by atoms with Gasteiger partial charge in [-0.1, -0.05) is 41.9 Å². The van der Waals surface area contributed by atoms with E-state index < -0.39 is 6.04 Å². The lowest BCUT2D eigenvalue weighted by Gasteiger charge is -2.34. The number of carbonyl (C=O) groups excluding carboxylic acids is 2. The Morgan fingerprint density at radius 2 is 1.75 bits per heavy atom. The quantitative estimate of drug-likeness (QED) is 0.808. The maximum Gasteiger partial charge on any atom is 0.244 e. The van der Waals surface area contributed by atoms with Crippen molar-refractivity contribution in [2.24, 2.45) is 0 Å². The van der Waals surface area contributed by atoms with E-state index in [0.717, 1.165) is 5.56 Å². The number of likely N-dealkylation sites (N-methyl/N-ethyl adjacent to an activating group) is 1. The van der Waals surface area contributed by atoms with Gasteiger partial charge in [0.05, 0.1) is 19.8 Å². The van der Waals surface area contributed by atoms with Gasteiger partial charge in [-0.25, -0.2) is 0 Å². The third-order valence-electron chi connectivity index (χ3n) is 4.63. The molecule has 0 aliphatic carbocycles. The van der Waals surface area contributed by atoms with E-state index in [1.54, 1.807) is 41.1 Å². The highest BCUT2D eigenvalue weighted by molar-refractivity contribution is 6.30. The molecule has 0 saturated carbocycles. The van der Waals surface area contributed by atoms with Crippen molar-refractivity contribution in [1.82, 2.24) is 9.80 Å². The average molecular weight is 402 g/mol. The zero-order valence-electron chi connectivity index (χ0n) is 15.8. The maximum atomic E-state index is 13.2. The Bertz CT molecular complexity index is 792. The first-order valence-electron chi connectivity index (χ1n) is 9.22. The van der Waals surface area contributed by atoms with E-state index in [1.165, 1.54) is 0 Å². The summed E-state index contributed by atoms with van der Waals surface area (Å²) in [7, 11) is 1.79. The fraction of sp³-hybridized carbons (Fsp3) is 0.333. The van der Waals surface area contributed by atoms with Gasteiger partial charge in [-0.3, -0.25) is 14.5 Å². The summed E-state index contributed by atoms with van der Waals surface area (Å²) in [4.78, 5) is 29.3. The highest BCUT2D eigenvalue weighted by Gasteiger charge is 2.31. The Balaban J connectivity index is 1.72. The van der Waals surface area contributed by atoms with Crippen LogP contribution in [0.3, 0.4) is 0 Å². The maximum absolute atomic E-state index is 13.2. The van der Waals surface area contributed by atoms with Crippen LogP contribution in [0.1, 0.15) is 11.6 Å². The van der Waals surface area contributed by atoms with Crippen LogP contribution in [0.25, 0.3) is 0 Å². The predicted octanol–water partition coefficient (Wildman–Crippen LogP) is 2.81. The van der Waals surface area contributed by atoms with Crippen LogP contribution in [0.5, 0.6) is 0 Å². The van der Waals surface area contributed by atoms with Crippen molar-refractivity contribution < 1.29 is 14.3 Å². The van der Waals surface area contributed by atoms with E-state index in [0.29, 0.717) is 37.0 Å². The second-order valence-corrected chi connectivity index (χ2v) is 7.16. The Kier molecular flexibility index (Phi) is 7.03. The minimum absolute atomic E-state index is 0.0173. The molecule has 1 saturated heterocycles. The molecule has 1 aliphatic rings. The summed E-state index contributed by atoms with van der Waals surface area (Å²) in [6.07, 6.45) is 0. The molecule has 6 nitrogen and oxygen atoms in total. The lowest BCUT2D eigenvalue weighted by molar-refractivity contribution is -0.141. The zero-order chi connectivity index (χ0) is 19.9. The number of amides is 2. The van der Waals surface area contributed by atoms with Gasteiger partial charge < -0.3 is 15.0 Å². The Morgan fingerprint density at radius 3 is 2.39 bits per heavy atom. The molecule has 0 aromatic heterocycles. The third-order valence-corrected chi connectivity index (χ3v) is 4.89. The van der Waals surface area contributed by atoms with Crippen molar-refractivity contribution in [3.8, 4) is 0 Å². The van der Waals surface area contributed by atoms with Crippen LogP contribution in [0.4, 0.5) is 5.69 Å². The van der Waals surface area contributed by atoms with E-state index in [4.69, 9.17) is 16.3 Å². The van der Waals surface area contributed by atoms with Crippen LogP contribution < -0.4 is 5.32 Å². The SMILES string of the molecule is CN(CC(=O)Nc1ccc(Cl)cc1)[C@@H](C(=O)N1CCOCC1)c1ccccc1. The number of hydrogen-bond acceptors (Lipinski definition) is 4. The molecule has 1 aliphatic heterocycles. The largest absolute Gasteiger partial charge is 0.378 e. The molecule has 1 N–H and O–H groups in total. The van der Waals surface area contributed by atoms with Crippen LogP contribution in [0.2, 0.25) is 5.02 Å². The van der Waals surface area contributed by atoms with Gasteiger partial charge in [-0.15, -0.1) is 0 Å². The summed E-state index contributed by atoms with van der Waals surface area (Å²) in [5.41, 5.74) is 1.53. The monoisotopic (exact) mass is 401 g/mol. The fourth-order valence-corrected chi connectivity index (χ4v) is 3.36. The first-order valence-corrected chi connectivity index (χ1v) is 9.59. The zero-order valence-corrected chi connectivity index (χ0v) is 16.6. The summed E-state index contributed by atoms with van der Waals surface area (Å²) in [6, 6.07) is 15.9. The lowest BCUT2D eigenvalue weighted by Crippen LogP contribution is -2.47. The van der Waals surface area contributed by atoms with Gasteiger partial charge in [0.1, 0.15) is 6.04 Å². The summed E-state index contributed by atoms with van der Waals surface area (Å²) in [5, 5.41) is 3.45. The molecular weight excluding hydrogens is 378 g/mol. The molecule has 1 atom stereocenters. The van der Waals surface area contributed by atoms with Crippen LogP contribution in [-0.4, -0.2) is 61.5 Å². The van der Waals surface area contributed by atoms with E-state index in [-0.39, 0.29) is 18.4 Å². The average Bonchev–Trinajstić information content (AvgIpc) is 2.71. The second kappa shape index (κ2) is 9.68. The number of rotatable bonds is 6.